The number of rotatable bonds is 8. The number of methoxy groups -OCH3 is 1. The highest BCUT2D eigenvalue weighted by Gasteiger charge is 2.35. The Labute approximate surface area is 199 Å². The molecule has 0 aliphatic heterocycles. The van der Waals surface area contributed by atoms with Gasteiger partial charge in [0.05, 0.1) is 13.5 Å². The maximum Gasteiger partial charge on any atom is 0.248 e. The number of nitrogens with zero attached hydrogens (tertiary/aromatic N) is 1. The van der Waals surface area contributed by atoms with E-state index in [0.29, 0.717) is 11.4 Å². The van der Waals surface area contributed by atoms with Crippen molar-refractivity contribution in [2.75, 3.05) is 12.0 Å². The van der Waals surface area contributed by atoms with Crippen LogP contribution in [0.25, 0.3) is 0 Å². The second-order valence-corrected chi connectivity index (χ2v) is 9.50. The van der Waals surface area contributed by atoms with Gasteiger partial charge in [0, 0.05) is 16.6 Å². The van der Waals surface area contributed by atoms with Crippen molar-refractivity contribution >= 4 is 28.8 Å². The van der Waals surface area contributed by atoms with E-state index in [-0.39, 0.29) is 24.3 Å². The third-order valence-corrected chi connectivity index (χ3v) is 7.09. The van der Waals surface area contributed by atoms with Gasteiger partial charge in [-0.15, -0.1) is 11.3 Å². The second-order valence-electron chi connectivity index (χ2n) is 8.47. The predicted molar refractivity (Wildman–Crippen MR) is 133 cm³/mol. The zero-order valence-electron chi connectivity index (χ0n) is 19.1. The first-order chi connectivity index (χ1) is 16.1. The molecule has 0 spiro atoms. The highest BCUT2D eigenvalue weighted by Crippen LogP contribution is 2.32. The van der Waals surface area contributed by atoms with Crippen molar-refractivity contribution < 1.29 is 14.3 Å². The molecule has 1 atom stereocenters. The fourth-order valence-electron chi connectivity index (χ4n) is 4.47. The van der Waals surface area contributed by atoms with Gasteiger partial charge in [0.15, 0.2) is 0 Å². The molecule has 0 bridgehead atoms. The molecular weight excluding hydrogens is 432 g/mol. The molecule has 0 radical (unpaired) electrons. The average Bonchev–Trinajstić information content (AvgIpc) is 3.52. The molecule has 3 aromatic rings. The maximum atomic E-state index is 13.8. The molecule has 6 heteroatoms. The molecule has 1 aliphatic carbocycles. The van der Waals surface area contributed by atoms with Gasteiger partial charge in [-0.25, -0.2) is 0 Å². The van der Waals surface area contributed by atoms with Gasteiger partial charge in [0.25, 0.3) is 0 Å². The average molecular weight is 463 g/mol. The van der Waals surface area contributed by atoms with Crippen molar-refractivity contribution in [1.82, 2.24) is 5.32 Å². The summed E-state index contributed by atoms with van der Waals surface area (Å²) in [6.45, 7) is 1.99. The Morgan fingerprint density at radius 1 is 1.06 bits per heavy atom. The lowest BCUT2D eigenvalue weighted by Crippen LogP contribution is -2.47. The molecule has 1 heterocycles. The van der Waals surface area contributed by atoms with E-state index in [1.54, 1.807) is 23.3 Å². The maximum absolute atomic E-state index is 13.8. The first-order valence-electron chi connectivity index (χ1n) is 11.4. The zero-order valence-corrected chi connectivity index (χ0v) is 19.9. The lowest BCUT2D eigenvalue weighted by Gasteiger charge is -2.33. The smallest absolute Gasteiger partial charge is 0.248 e. The second kappa shape index (κ2) is 10.7. The van der Waals surface area contributed by atoms with E-state index in [9.17, 15) is 9.59 Å². The van der Waals surface area contributed by atoms with E-state index in [2.05, 4.69) is 5.32 Å². The number of nitrogens with one attached hydrogen (secondary N) is 1. The summed E-state index contributed by atoms with van der Waals surface area (Å²) in [5.41, 5.74) is 2.49. The molecule has 2 aromatic carbocycles. The Morgan fingerprint density at radius 2 is 1.79 bits per heavy atom. The number of carbonyl (C=O) groups is 2. The summed E-state index contributed by atoms with van der Waals surface area (Å²) in [7, 11) is 1.61. The number of benzene rings is 2. The van der Waals surface area contributed by atoms with Gasteiger partial charge in [-0.2, -0.15) is 0 Å². The molecule has 0 saturated heterocycles. The fraction of sp³-hybridized carbons (Fsp3) is 0.333. The number of ether oxygens (including phenoxy) is 1. The van der Waals surface area contributed by atoms with Crippen molar-refractivity contribution in [2.24, 2.45) is 0 Å². The molecule has 33 heavy (non-hydrogen) atoms. The lowest BCUT2D eigenvalue weighted by atomic mass is 9.97. The third kappa shape index (κ3) is 5.45. The quantitative estimate of drug-likeness (QED) is 0.485. The summed E-state index contributed by atoms with van der Waals surface area (Å²) in [5.74, 6) is 0.455. The monoisotopic (exact) mass is 462 g/mol. The number of amides is 2. The van der Waals surface area contributed by atoms with Crippen molar-refractivity contribution in [3.05, 3.63) is 82.0 Å². The Morgan fingerprint density at radius 3 is 2.42 bits per heavy atom. The number of aryl methyl sites for hydroxylation is 1. The molecule has 4 rings (SSSR count). The largest absolute Gasteiger partial charge is 0.497 e. The van der Waals surface area contributed by atoms with Crippen LogP contribution in [0.1, 0.15) is 47.7 Å². The van der Waals surface area contributed by atoms with Gasteiger partial charge in [-0.1, -0.05) is 43.2 Å². The number of hydrogen-bond acceptors (Lipinski definition) is 4. The Kier molecular flexibility index (Phi) is 7.45. The van der Waals surface area contributed by atoms with Crippen LogP contribution in [0.2, 0.25) is 0 Å². The van der Waals surface area contributed by atoms with Crippen LogP contribution in [0, 0.1) is 6.92 Å². The van der Waals surface area contributed by atoms with Gasteiger partial charge in [-0.05, 0) is 66.6 Å². The Balaban J connectivity index is 1.77. The molecule has 1 aliphatic rings. The summed E-state index contributed by atoms with van der Waals surface area (Å²) >= 11 is 1.55. The summed E-state index contributed by atoms with van der Waals surface area (Å²) in [6, 6.07) is 18.5. The SMILES string of the molecule is COc1ccc(N(C(=O)Cc2cccs2)[C@H](C(=O)NC2CCCC2)c2ccccc2C)cc1. The molecule has 1 fully saturated rings. The van der Waals surface area contributed by atoms with Crippen LogP contribution in [0.3, 0.4) is 0 Å². The van der Waals surface area contributed by atoms with E-state index < -0.39 is 6.04 Å². The van der Waals surface area contributed by atoms with Crippen LogP contribution in [0.4, 0.5) is 5.69 Å². The van der Waals surface area contributed by atoms with Gasteiger partial charge < -0.3 is 10.1 Å². The zero-order chi connectivity index (χ0) is 23.2. The normalized spacial score (nSPS) is 14.6. The predicted octanol–water partition coefficient (Wildman–Crippen LogP) is 5.44. The van der Waals surface area contributed by atoms with E-state index >= 15 is 0 Å². The number of anilines is 1. The summed E-state index contributed by atoms with van der Waals surface area (Å²) in [5, 5.41) is 5.20. The van der Waals surface area contributed by atoms with Gasteiger partial charge >= 0.3 is 0 Å². The van der Waals surface area contributed by atoms with Crippen LogP contribution >= 0.6 is 11.3 Å². The third-order valence-electron chi connectivity index (χ3n) is 6.22. The van der Waals surface area contributed by atoms with Crippen molar-refractivity contribution in [2.45, 2.75) is 51.1 Å². The van der Waals surface area contributed by atoms with Crippen LogP contribution < -0.4 is 15.0 Å². The van der Waals surface area contributed by atoms with E-state index in [0.717, 1.165) is 41.7 Å². The summed E-state index contributed by atoms with van der Waals surface area (Å²) in [4.78, 5) is 30.2. The standard InChI is InChI=1S/C27H30N2O3S/c1-19-8-3-6-12-24(19)26(27(31)28-20-9-4-5-10-20)29(21-13-15-22(32-2)16-14-21)25(30)18-23-11-7-17-33-23/h3,6-8,11-17,20,26H,4-5,9-10,18H2,1-2H3,(H,28,31)/t26-/m0/s1. The first-order valence-corrected chi connectivity index (χ1v) is 12.3. The van der Waals surface area contributed by atoms with E-state index in [1.807, 2.05) is 73.0 Å². The highest BCUT2D eigenvalue weighted by atomic mass is 32.1. The van der Waals surface area contributed by atoms with Crippen LogP contribution in [0.5, 0.6) is 5.75 Å². The minimum Gasteiger partial charge on any atom is -0.497 e. The molecule has 0 unspecified atom stereocenters. The van der Waals surface area contributed by atoms with E-state index in [4.69, 9.17) is 4.74 Å². The van der Waals surface area contributed by atoms with E-state index in [1.165, 1.54) is 0 Å². The number of hydrogen-bond donors (Lipinski definition) is 1. The molecule has 2 amide bonds. The number of thiophene rings is 1. The molecule has 1 saturated carbocycles. The Bertz CT molecular complexity index is 1070. The van der Waals surface area contributed by atoms with Gasteiger partial charge in [-0.3, -0.25) is 14.5 Å². The first kappa shape index (κ1) is 23.1. The minimum absolute atomic E-state index is 0.113. The van der Waals surface area contributed by atoms with Crippen molar-refractivity contribution in [3.8, 4) is 5.75 Å². The summed E-state index contributed by atoms with van der Waals surface area (Å²) < 4.78 is 5.31. The Hall–Kier alpha value is -3.12. The van der Waals surface area contributed by atoms with Gasteiger partial charge in [0.2, 0.25) is 11.8 Å². The topological polar surface area (TPSA) is 58.6 Å². The van der Waals surface area contributed by atoms with Crippen molar-refractivity contribution in [3.63, 3.8) is 0 Å². The minimum atomic E-state index is -0.757. The highest BCUT2D eigenvalue weighted by molar-refractivity contribution is 7.10. The molecule has 172 valence electrons. The molecule has 5 nitrogen and oxygen atoms in total. The molecule has 1 N–H and O–H groups in total. The molecule has 1 aromatic heterocycles. The number of carbonyl (C=O) groups excluding carboxylic acids is 2. The molecular formula is C27H30N2O3S. The summed E-state index contributed by atoms with van der Waals surface area (Å²) in [6.07, 6.45) is 4.46. The lowest BCUT2D eigenvalue weighted by molar-refractivity contribution is -0.127. The van der Waals surface area contributed by atoms with Crippen LogP contribution in [-0.2, 0) is 16.0 Å². The van der Waals surface area contributed by atoms with Gasteiger partial charge in [0.1, 0.15) is 11.8 Å². The fourth-order valence-corrected chi connectivity index (χ4v) is 5.16. The van der Waals surface area contributed by atoms with Crippen molar-refractivity contribution in [1.29, 1.82) is 0 Å². The van der Waals surface area contributed by atoms with Crippen LogP contribution in [-0.4, -0.2) is 25.0 Å². The van der Waals surface area contributed by atoms with Crippen LogP contribution in [0.15, 0.2) is 66.0 Å².